The SMILES string of the molecule is Cc1cc(C)cc(NC(=O)c2ccnc(Nc3ccc(Br)cc3)n2)c1. The molecular formula is C19H17BrN4O. The molecule has 0 saturated heterocycles. The van der Waals surface area contributed by atoms with Crippen molar-refractivity contribution in [2.45, 2.75) is 13.8 Å². The Bertz CT molecular complexity index is 889. The molecule has 0 aliphatic heterocycles. The van der Waals surface area contributed by atoms with E-state index in [2.05, 4.69) is 42.6 Å². The van der Waals surface area contributed by atoms with Gasteiger partial charge >= 0.3 is 0 Å². The van der Waals surface area contributed by atoms with Crippen LogP contribution < -0.4 is 10.6 Å². The summed E-state index contributed by atoms with van der Waals surface area (Å²) in [5, 5.41) is 5.96. The minimum absolute atomic E-state index is 0.272. The molecule has 0 aliphatic rings. The number of nitrogens with zero attached hydrogens (tertiary/aromatic N) is 2. The van der Waals surface area contributed by atoms with Crippen LogP contribution in [0.3, 0.4) is 0 Å². The lowest BCUT2D eigenvalue weighted by Gasteiger charge is -2.09. The molecule has 0 spiro atoms. The van der Waals surface area contributed by atoms with Gasteiger partial charge in [0.05, 0.1) is 0 Å². The highest BCUT2D eigenvalue weighted by atomic mass is 79.9. The zero-order valence-electron chi connectivity index (χ0n) is 13.9. The fourth-order valence-electron chi connectivity index (χ4n) is 2.45. The normalized spacial score (nSPS) is 10.4. The van der Waals surface area contributed by atoms with Gasteiger partial charge in [-0.1, -0.05) is 22.0 Å². The van der Waals surface area contributed by atoms with Crippen molar-refractivity contribution in [3.05, 3.63) is 76.0 Å². The molecule has 3 rings (SSSR count). The number of rotatable bonds is 4. The Morgan fingerprint density at radius 3 is 2.32 bits per heavy atom. The largest absolute Gasteiger partial charge is 0.324 e. The lowest BCUT2D eigenvalue weighted by Crippen LogP contribution is -2.15. The number of carbonyl (C=O) groups is 1. The van der Waals surface area contributed by atoms with Crippen molar-refractivity contribution in [3.8, 4) is 0 Å². The molecule has 0 radical (unpaired) electrons. The van der Waals surface area contributed by atoms with Crippen LogP contribution in [-0.4, -0.2) is 15.9 Å². The van der Waals surface area contributed by atoms with Crippen LogP contribution in [0.2, 0.25) is 0 Å². The van der Waals surface area contributed by atoms with E-state index in [9.17, 15) is 4.79 Å². The number of aryl methyl sites for hydroxylation is 2. The number of benzene rings is 2. The lowest BCUT2D eigenvalue weighted by atomic mass is 10.1. The number of hydrogen-bond donors (Lipinski definition) is 2. The molecule has 0 aliphatic carbocycles. The highest BCUT2D eigenvalue weighted by Crippen LogP contribution is 2.18. The van der Waals surface area contributed by atoms with Crippen LogP contribution in [0.25, 0.3) is 0 Å². The smallest absolute Gasteiger partial charge is 0.274 e. The fourth-order valence-corrected chi connectivity index (χ4v) is 2.71. The third-order valence-corrected chi connectivity index (χ3v) is 4.00. The monoisotopic (exact) mass is 396 g/mol. The molecule has 1 heterocycles. The summed E-state index contributed by atoms with van der Waals surface area (Å²) in [6.07, 6.45) is 1.56. The number of halogens is 1. The van der Waals surface area contributed by atoms with Gasteiger partial charge in [-0.3, -0.25) is 4.79 Å². The van der Waals surface area contributed by atoms with Crippen LogP contribution in [0, 0.1) is 13.8 Å². The molecule has 3 aromatic rings. The molecule has 126 valence electrons. The first-order valence-electron chi connectivity index (χ1n) is 7.75. The van der Waals surface area contributed by atoms with Gasteiger partial charge in [0.2, 0.25) is 5.95 Å². The molecule has 25 heavy (non-hydrogen) atoms. The lowest BCUT2D eigenvalue weighted by molar-refractivity contribution is 0.102. The van der Waals surface area contributed by atoms with Crippen molar-refractivity contribution in [1.82, 2.24) is 9.97 Å². The van der Waals surface area contributed by atoms with Gasteiger partial charge in [0.25, 0.3) is 5.91 Å². The quantitative estimate of drug-likeness (QED) is 0.661. The number of nitrogens with one attached hydrogen (secondary N) is 2. The van der Waals surface area contributed by atoms with Crippen LogP contribution in [0.1, 0.15) is 21.6 Å². The van der Waals surface area contributed by atoms with E-state index < -0.39 is 0 Å². The molecule has 5 nitrogen and oxygen atoms in total. The summed E-state index contributed by atoms with van der Waals surface area (Å²) in [6, 6.07) is 15.1. The Kier molecular flexibility index (Phi) is 5.09. The predicted octanol–water partition coefficient (Wildman–Crippen LogP) is 4.85. The van der Waals surface area contributed by atoms with Crippen molar-refractivity contribution >= 4 is 39.2 Å². The summed E-state index contributed by atoms with van der Waals surface area (Å²) >= 11 is 3.39. The molecule has 0 atom stereocenters. The molecule has 0 saturated carbocycles. The van der Waals surface area contributed by atoms with E-state index in [4.69, 9.17) is 0 Å². The van der Waals surface area contributed by atoms with Gasteiger partial charge in [-0.2, -0.15) is 0 Å². The second kappa shape index (κ2) is 7.44. The van der Waals surface area contributed by atoms with E-state index in [0.717, 1.165) is 27.0 Å². The summed E-state index contributed by atoms with van der Waals surface area (Å²) in [4.78, 5) is 20.9. The molecule has 2 aromatic carbocycles. The van der Waals surface area contributed by atoms with E-state index in [0.29, 0.717) is 11.6 Å². The van der Waals surface area contributed by atoms with Gasteiger partial charge in [-0.05, 0) is 67.4 Å². The molecule has 1 amide bonds. The van der Waals surface area contributed by atoms with E-state index in [-0.39, 0.29) is 5.91 Å². The zero-order valence-corrected chi connectivity index (χ0v) is 15.5. The highest BCUT2D eigenvalue weighted by molar-refractivity contribution is 9.10. The molecule has 2 N–H and O–H groups in total. The third-order valence-electron chi connectivity index (χ3n) is 3.47. The van der Waals surface area contributed by atoms with Crippen LogP contribution >= 0.6 is 15.9 Å². The maximum Gasteiger partial charge on any atom is 0.274 e. The van der Waals surface area contributed by atoms with Crippen molar-refractivity contribution in [3.63, 3.8) is 0 Å². The van der Waals surface area contributed by atoms with Gasteiger partial charge in [0, 0.05) is 22.0 Å². The molecule has 0 unspecified atom stereocenters. The average Bonchev–Trinajstić information content (AvgIpc) is 2.56. The number of amides is 1. The Morgan fingerprint density at radius 2 is 1.64 bits per heavy atom. The van der Waals surface area contributed by atoms with Crippen molar-refractivity contribution in [2.75, 3.05) is 10.6 Å². The van der Waals surface area contributed by atoms with Crippen LogP contribution in [0.15, 0.2) is 59.2 Å². The topological polar surface area (TPSA) is 66.9 Å². The number of aromatic nitrogens is 2. The molecular weight excluding hydrogens is 380 g/mol. The Morgan fingerprint density at radius 1 is 0.960 bits per heavy atom. The first kappa shape index (κ1) is 17.1. The molecule has 0 bridgehead atoms. The van der Waals surface area contributed by atoms with Crippen molar-refractivity contribution < 1.29 is 4.79 Å². The first-order chi connectivity index (χ1) is 12.0. The zero-order chi connectivity index (χ0) is 17.8. The van der Waals surface area contributed by atoms with E-state index in [1.165, 1.54) is 0 Å². The average molecular weight is 397 g/mol. The number of hydrogen-bond acceptors (Lipinski definition) is 4. The Labute approximate surface area is 154 Å². The van der Waals surface area contributed by atoms with Crippen molar-refractivity contribution in [1.29, 1.82) is 0 Å². The predicted molar refractivity (Wildman–Crippen MR) is 103 cm³/mol. The molecule has 0 fully saturated rings. The molecule has 6 heteroatoms. The minimum Gasteiger partial charge on any atom is -0.324 e. The summed E-state index contributed by atoms with van der Waals surface area (Å²) in [6.45, 7) is 3.99. The first-order valence-corrected chi connectivity index (χ1v) is 8.54. The Hall–Kier alpha value is -2.73. The summed E-state index contributed by atoms with van der Waals surface area (Å²) in [5.74, 6) is 0.0988. The van der Waals surface area contributed by atoms with Gasteiger partial charge in [0.1, 0.15) is 5.69 Å². The standard InChI is InChI=1S/C19H17BrN4O/c1-12-9-13(2)11-16(10-12)22-18(25)17-7-8-21-19(24-17)23-15-5-3-14(20)4-6-15/h3-11H,1-2H3,(H,22,25)(H,21,23,24). The van der Waals surface area contributed by atoms with Gasteiger partial charge < -0.3 is 10.6 Å². The maximum atomic E-state index is 12.5. The molecule has 1 aromatic heterocycles. The van der Waals surface area contributed by atoms with E-state index in [1.54, 1.807) is 12.3 Å². The summed E-state index contributed by atoms with van der Waals surface area (Å²) < 4.78 is 0.987. The van der Waals surface area contributed by atoms with Crippen molar-refractivity contribution in [2.24, 2.45) is 0 Å². The van der Waals surface area contributed by atoms with Crippen LogP contribution in [0.5, 0.6) is 0 Å². The maximum absolute atomic E-state index is 12.5. The second-order valence-electron chi connectivity index (χ2n) is 5.73. The van der Waals surface area contributed by atoms with Crippen LogP contribution in [-0.2, 0) is 0 Å². The van der Waals surface area contributed by atoms with Gasteiger partial charge in [0.15, 0.2) is 0 Å². The highest BCUT2D eigenvalue weighted by Gasteiger charge is 2.10. The second-order valence-corrected chi connectivity index (χ2v) is 6.64. The number of anilines is 3. The van der Waals surface area contributed by atoms with E-state index >= 15 is 0 Å². The fraction of sp³-hybridized carbons (Fsp3) is 0.105. The van der Waals surface area contributed by atoms with Gasteiger partial charge in [-0.25, -0.2) is 9.97 Å². The van der Waals surface area contributed by atoms with Crippen LogP contribution in [0.4, 0.5) is 17.3 Å². The third kappa shape index (κ3) is 4.64. The summed E-state index contributed by atoms with van der Waals surface area (Å²) in [7, 11) is 0. The number of carbonyl (C=O) groups excluding carboxylic acids is 1. The minimum atomic E-state index is -0.272. The summed E-state index contributed by atoms with van der Waals surface area (Å²) in [5.41, 5.74) is 4.08. The van der Waals surface area contributed by atoms with E-state index in [1.807, 2.05) is 50.2 Å². The Balaban J connectivity index is 1.76. The van der Waals surface area contributed by atoms with Gasteiger partial charge in [-0.15, -0.1) is 0 Å².